The van der Waals surface area contributed by atoms with Crippen LogP contribution in [0.25, 0.3) is 0 Å². The Labute approximate surface area is 161 Å². The van der Waals surface area contributed by atoms with Crippen molar-refractivity contribution in [1.82, 2.24) is 4.90 Å². The Morgan fingerprint density at radius 3 is 2.14 bits per heavy atom. The van der Waals surface area contributed by atoms with Gasteiger partial charge < -0.3 is 14.8 Å². The van der Waals surface area contributed by atoms with Crippen molar-refractivity contribution in [3.8, 4) is 5.75 Å². The van der Waals surface area contributed by atoms with Gasteiger partial charge in [-0.15, -0.1) is 0 Å². The quantitative estimate of drug-likeness (QED) is 0.628. The zero-order valence-corrected chi connectivity index (χ0v) is 15.5. The number of methoxy groups -OCH3 is 2. The summed E-state index contributed by atoms with van der Waals surface area (Å²) in [6.45, 7) is 1.44. The fourth-order valence-electron chi connectivity index (χ4n) is 2.95. The average Bonchev–Trinajstić information content (AvgIpc) is 2.97. The second kappa shape index (κ2) is 7.51. The van der Waals surface area contributed by atoms with Crippen LogP contribution in [0, 0.1) is 0 Å². The minimum Gasteiger partial charge on any atom is -0.497 e. The lowest BCUT2D eigenvalue weighted by Gasteiger charge is -2.22. The molecule has 28 heavy (non-hydrogen) atoms. The Bertz CT molecular complexity index is 949. The number of nitrogens with zero attached hydrogens (tertiary/aromatic N) is 1. The highest BCUT2D eigenvalue weighted by atomic mass is 16.5. The fraction of sp³-hybridized carbons (Fsp3) is 0.200. The molecule has 0 fully saturated rings. The summed E-state index contributed by atoms with van der Waals surface area (Å²) in [5.74, 6) is -1.95. The van der Waals surface area contributed by atoms with Crippen LogP contribution >= 0.6 is 0 Å². The van der Waals surface area contributed by atoms with Crippen LogP contribution in [0.15, 0.2) is 42.5 Å². The summed E-state index contributed by atoms with van der Waals surface area (Å²) in [7, 11) is 2.66. The molecule has 0 saturated carbocycles. The standard InChI is InChI=1S/C20H18N2O6/c1-11(22-18(24)13-6-4-5-7-14(13)19(22)25)17(23)21-16-9-8-12(27-2)10-15(16)20(26)28-3/h4-11H,1-3H3,(H,21,23). The van der Waals surface area contributed by atoms with Crippen molar-refractivity contribution in [3.63, 3.8) is 0 Å². The topological polar surface area (TPSA) is 102 Å². The number of rotatable bonds is 5. The number of esters is 1. The van der Waals surface area contributed by atoms with Gasteiger partial charge in [0.1, 0.15) is 11.8 Å². The monoisotopic (exact) mass is 382 g/mol. The molecule has 8 heteroatoms. The van der Waals surface area contributed by atoms with Crippen LogP contribution in [-0.4, -0.2) is 48.9 Å². The molecule has 0 saturated heterocycles. The number of hydrogen-bond acceptors (Lipinski definition) is 6. The van der Waals surface area contributed by atoms with E-state index in [0.29, 0.717) is 5.75 Å². The molecule has 1 aliphatic heterocycles. The molecule has 1 unspecified atom stereocenters. The number of nitrogens with one attached hydrogen (secondary N) is 1. The van der Waals surface area contributed by atoms with E-state index < -0.39 is 29.7 Å². The van der Waals surface area contributed by atoms with E-state index in [4.69, 9.17) is 9.47 Å². The average molecular weight is 382 g/mol. The van der Waals surface area contributed by atoms with E-state index in [-0.39, 0.29) is 22.4 Å². The van der Waals surface area contributed by atoms with Gasteiger partial charge in [0, 0.05) is 0 Å². The van der Waals surface area contributed by atoms with Crippen molar-refractivity contribution in [1.29, 1.82) is 0 Å². The number of carbonyl (C=O) groups is 4. The van der Waals surface area contributed by atoms with Gasteiger partial charge in [-0.1, -0.05) is 12.1 Å². The molecule has 1 N–H and O–H groups in total. The van der Waals surface area contributed by atoms with E-state index in [2.05, 4.69) is 5.32 Å². The van der Waals surface area contributed by atoms with Crippen molar-refractivity contribution in [2.45, 2.75) is 13.0 Å². The highest BCUT2D eigenvalue weighted by Gasteiger charge is 2.40. The molecular formula is C20H18N2O6. The third-order valence-electron chi connectivity index (χ3n) is 4.48. The molecule has 1 heterocycles. The maximum Gasteiger partial charge on any atom is 0.340 e. The van der Waals surface area contributed by atoms with E-state index >= 15 is 0 Å². The van der Waals surface area contributed by atoms with E-state index in [1.54, 1.807) is 30.3 Å². The van der Waals surface area contributed by atoms with Crippen molar-refractivity contribution < 1.29 is 28.7 Å². The summed E-state index contributed by atoms with van der Waals surface area (Å²) >= 11 is 0. The highest BCUT2D eigenvalue weighted by Crippen LogP contribution is 2.26. The number of hydrogen-bond donors (Lipinski definition) is 1. The number of anilines is 1. The van der Waals surface area contributed by atoms with Crippen LogP contribution < -0.4 is 10.1 Å². The van der Waals surface area contributed by atoms with Crippen molar-refractivity contribution in [3.05, 3.63) is 59.2 Å². The van der Waals surface area contributed by atoms with E-state index in [1.165, 1.54) is 33.3 Å². The molecule has 8 nitrogen and oxygen atoms in total. The minimum atomic E-state index is -1.08. The molecule has 0 spiro atoms. The molecule has 2 aromatic rings. The SMILES string of the molecule is COC(=O)c1cc(OC)ccc1NC(=O)C(C)N1C(=O)c2ccccc2C1=O. The van der Waals surface area contributed by atoms with Crippen LogP contribution in [0.2, 0.25) is 0 Å². The van der Waals surface area contributed by atoms with Gasteiger partial charge in [0.05, 0.1) is 36.6 Å². The summed E-state index contributed by atoms with van der Waals surface area (Å²) in [5, 5.41) is 2.58. The third kappa shape index (κ3) is 3.20. The first-order chi connectivity index (χ1) is 13.4. The van der Waals surface area contributed by atoms with Crippen LogP contribution in [0.3, 0.4) is 0 Å². The van der Waals surface area contributed by atoms with E-state index in [0.717, 1.165) is 4.90 Å². The first-order valence-electron chi connectivity index (χ1n) is 8.43. The van der Waals surface area contributed by atoms with E-state index in [1.807, 2.05) is 0 Å². The second-order valence-corrected chi connectivity index (χ2v) is 6.09. The normalized spacial score (nSPS) is 13.8. The summed E-state index contributed by atoms with van der Waals surface area (Å²) in [6, 6.07) is 9.77. The number of benzene rings is 2. The van der Waals surface area contributed by atoms with Gasteiger partial charge in [-0.25, -0.2) is 4.79 Å². The molecule has 0 radical (unpaired) electrons. The number of carbonyl (C=O) groups excluding carboxylic acids is 4. The van der Waals surface area contributed by atoms with Gasteiger partial charge in [0.2, 0.25) is 5.91 Å². The Hall–Kier alpha value is -3.68. The summed E-state index contributed by atoms with van der Waals surface area (Å²) in [6.07, 6.45) is 0. The lowest BCUT2D eigenvalue weighted by atomic mass is 10.1. The summed E-state index contributed by atoms with van der Waals surface area (Å²) in [4.78, 5) is 50.7. The van der Waals surface area contributed by atoms with Crippen LogP contribution in [0.1, 0.15) is 38.0 Å². The van der Waals surface area contributed by atoms with Crippen molar-refractivity contribution >= 4 is 29.4 Å². The molecule has 0 aromatic heterocycles. The number of amides is 3. The predicted molar refractivity (Wildman–Crippen MR) is 99.4 cm³/mol. The molecular weight excluding hydrogens is 364 g/mol. The molecule has 0 bridgehead atoms. The van der Waals surface area contributed by atoms with Gasteiger partial charge in [-0.2, -0.15) is 0 Å². The van der Waals surface area contributed by atoms with Crippen LogP contribution in [-0.2, 0) is 9.53 Å². The van der Waals surface area contributed by atoms with Gasteiger partial charge in [0.25, 0.3) is 11.8 Å². The van der Waals surface area contributed by atoms with Gasteiger partial charge >= 0.3 is 5.97 Å². The van der Waals surface area contributed by atoms with Crippen LogP contribution in [0.4, 0.5) is 5.69 Å². The Kier molecular flexibility index (Phi) is 5.12. The molecule has 3 rings (SSSR count). The lowest BCUT2D eigenvalue weighted by molar-refractivity contribution is -0.119. The Morgan fingerprint density at radius 2 is 1.61 bits per heavy atom. The smallest absolute Gasteiger partial charge is 0.340 e. The molecule has 2 aromatic carbocycles. The zero-order chi connectivity index (χ0) is 20.4. The highest BCUT2D eigenvalue weighted by molar-refractivity contribution is 6.23. The molecule has 3 amide bonds. The van der Waals surface area contributed by atoms with Crippen molar-refractivity contribution in [2.75, 3.05) is 19.5 Å². The van der Waals surface area contributed by atoms with E-state index in [9.17, 15) is 19.2 Å². The number of fused-ring (bicyclic) bond motifs is 1. The fourth-order valence-corrected chi connectivity index (χ4v) is 2.95. The summed E-state index contributed by atoms with van der Waals surface area (Å²) < 4.78 is 9.81. The molecule has 0 aliphatic carbocycles. The Morgan fingerprint density at radius 1 is 1.00 bits per heavy atom. The third-order valence-corrected chi connectivity index (χ3v) is 4.48. The number of imide groups is 1. The molecule has 1 atom stereocenters. The largest absolute Gasteiger partial charge is 0.497 e. The number of ether oxygens (including phenoxy) is 2. The van der Waals surface area contributed by atoms with Crippen LogP contribution in [0.5, 0.6) is 5.75 Å². The molecule has 1 aliphatic rings. The maximum atomic E-state index is 12.7. The minimum absolute atomic E-state index is 0.0877. The van der Waals surface area contributed by atoms with Crippen molar-refractivity contribution in [2.24, 2.45) is 0 Å². The van der Waals surface area contributed by atoms with Gasteiger partial charge in [0.15, 0.2) is 0 Å². The Balaban J connectivity index is 1.85. The first kappa shape index (κ1) is 19.1. The lowest BCUT2D eigenvalue weighted by Crippen LogP contribution is -2.45. The van der Waals surface area contributed by atoms with Gasteiger partial charge in [-0.3, -0.25) is 19.3 Å². The molecule has 144 valence electrons. The summed E-state index contributed by atoms with van der Waals surface area (Å²) in [5.41, 5.74) is 0.782. The first-order valence-corrected chi connectivity index (χ1v) is 8.43. The van der Waals surface area contributed by atoms with Gasteiger partial charge in [-0.05, 0) is 37.3 Å². The second-order valence-electron chi connectivity index (χ2n) is 6.09. The predicted octanol–water partition coefficient (Wildman–Crippen LogP) is 2.10. The maximum absolute atomic E-state index is 12.7. The zero-order valence-electron chi connectivity index (χ0n) is 15.5.